The summed E-state index contributed by atoms with van der Waals surface area (Å²) in [5, 5.41) is 5.32. The molecule has 0 radical (unpaired) electrons. The Balaban J connectivity index is 1.83. The molecule has 2 N–H and O–H groups in total. The minimum Gasteiger partial charge on any atom is -0.494 e. The van der Waals surface area contributed by atoms with Crippen molar-refractivity contribution in [1.82, 2.24) is 5.32 Å². The van der Waals surface area contributed by atoms with Crippen LogP contribution in [0.5, 0.6) is 5.75 Å². The van der Waals surface area contributed by atoms with Gasteiger partial charge in [0, 0.05) is 11.3 Å². The number of ether oxygens (including phenoxy) is 1. The highest BCUT2D eigenvalue weighted by atomic mass is 16.5. The Morgan fingerprint density at radius 1 is 1.00 bits per heavy atom. The van der Waals surface area contributed by atoms with E-state index in [4.69, 9.17) is 4.74 Å². The lowest BCUT2D eigenvalue weighted by molar-refractivity contribution is -0.115. The van der Waals surface area contributed by atoms with Gasteiger partial charge in [-0.2, -0.15) is 0 Å². The number of amides is 2. The van der Waals surface area contributed by atoms with Gasteiger partial charge in [-0.05, 0) is 50.2 Å². The summed E-state index contributed by atoms with van der Waals surface area (Å²) in [6, 6.07) is 14.2. The van der Waals surface area contributed by atoms with E-state index in [1.165, 1.54) is 0 Å². The van der Waals surface area contributed by atoms with Crippen molar-refractivity contribution in [3.8, 4) is 5.75 Å². The van der Waals surface area contributed by atoms with E-state index in [1.807, 2.05) is 38.1 Å². The lowest BCUT2D eigenvalue weighted by Crippen LogP contribution is -2.32. The van der Waals surface area contributed by atoms with Crippen molar-refractivity contribution in [2.24, 2.45) is 0 Å². The molecule has 23 heavy (non-hydrogen) atoms. The van der Waals surface area contributed by atoms with Crippen molar-refractivity contribution < 1.29 is 14.3 Å². The maximum Gasteiger partial charge on any atom is 0.251 e. The van der Waals surface area contributed by atoms with Crippen LogP contribution >= 0.6 is 0 Å². The molecular weight excluding hydrogens is 292 g/mol. The zero-order valence-electron chi connectivity index (χ0n) is 13.3. The molecule has 0 fully saturated rings. The van der Waals surface area contributed by atoms with E-state index in [0.717, 1.165) is 5.56 Å². The standard InChI is InChI=1S/C18H20N2O3/c1-3-23-16-10-6-14(7-11-16)18(22)19-12-17(21)20-15-8-4-13(2)5-9-15/h4-11H,3,12H2,1-2H3,(H,19,22)(H,20,21). The van der Waals surface area contributed by atoms with Crippen LogP contribution in [0.2, 0.25) is 0 Å². The third kappa shape index (κ3) is 5.14. The zero-order chi connectivity index (χ0) is 16.7. The van der Waals surface area contributed by atoms with Crippen LogP contribution in [0.1, 0.15) is 22.8 Å². The van der Waals surface area contributed by atoms with Gasteiger partial charge in [0.05, 0.1) is 13.2 Å². The molecule has 2 amide bonds. The maximum absolute atomic E-state index is 12.0. The van der Waals surface area contributed by atoms with Crippen LogP contribution < -0.4 is 15.4 Å². The van der Waals surface area contributed by atoms with Crippen molar-refractivity contribution in [3.63, 3.8) is 0 Å². The molecule has 0 aliphatic rings. The van der Waals surface area contributed by atoms with Gasteiger partial charge in [-0.25, -0.2) is 0 Å². The van der Waals surface area contributed by atoms with Crippen molar-refractivity contribution in [1.29, 1.82) is 0 Å². The topological polar surface area (TPSA) is 67.4 Å². The number of carbonyl (C=O) groups excluding carboxylic acids is 2. The lowest BCUT2D eigenvalue weighted by atomic mass is 10.2. The Labute approximate surface area is 135 Å². The van der Waals surface area contributed by atoms with Crippen LogP contribution in [0.4, 0.5) is 5.69 Å². The molecule has 0 spiro atoms. The molecule has 5 heteroatoms. The number of benzene rings is 2. The Hall–Kier alpha value is -2.82. The highest BCUT2D eigenvalue weighted by molar-refractivity contribution is 5.99. The summed E-state index contributed by atoms with van der Waals surface area (Å²) in [4.78, 5) is 23.8. The Morgan fingerprint density at radius 3 is 2.26 bits per heavy atom. The summed E-state index contributed by atoms with van der Waals surface area (Å²) in [6.45, 7) is 4.36. The number of carbonyl (C=O) groups is 2. The highest BCUT2D eigenvalue weighted by Gasteiger charge is 2.08. The van der Waals surface area contributed by atoms with Gasteiger partial charge in [0.15, 0.2) is 0 Å². The van der Waals surface area contributed by atoms with Crippen molar-refractivity contribution in [2.45, 2.75) is 13.8 Å². The molecule has 5 nitrogen and oxygen atoms in total. The third-order valence-electron chi connectivity index (χ3n) is 3.17. The molecule has 0 saturated heterocycles. The third-order valence-corrected chi connectivity index (χ3v) is 3.17. The first kappa shape index (κ1) is 16.5. The first-order chi connectivity index (χ1) is 11.1. The first-order valence-electron chi connectivity index (χ1n) is 7.46. The minimum atomic E-state index is -0.299. The second kappa shape index (κ2) is 7.98. The van der Waals surface area contributed by atoms with Gasteiger partial charge in [0.1, 0.15) is 5.75 Å². The number of rotatable bonds is 6. The molecule has 0 aliphatic carbocycles. The van der Waals surface area contributed by atoms with Gasteiger partial charge < -0.3 is 15.4 Å². The van der Waals surface area contributed by atoms with Crippen LogP contribution in [-0.2, 0) is 4.79 Å². The monoisotopic (exact) mass is 312 g/mol. The summed E-state index contributed by atoms with van der Waals surface area (Å²) in [5.41, 5.74) is 2.30. The Morgan fingerprint density at radius 2 is 1.65 bits per heavy atom. The number of aryl methyl sites for hydroxylation is 1. The SMILES string of the molecule is CCOc1ccc(C(=O)NCC(=O)Nc2ccc(C)cc2)cc1. The number of hydrogen-bond acceptors (Lipinski definition) is 3. The van der Waals surface area contributed by atoms with Crippen LogP contribution in [0.15, 0.2) is 48.5 Å². The zero-order valence-corrected chi connectivity index (χ0v) is 13.3. The van der Waals surface area contributed by atoms with Crippen LogP contribution in [0, 0.1) is 6.92 Å². The average molecular weight is 312 g/mol. The number of nitrogens with one attached hydrogen (secondary N) is 2. The molecule has 0 heterocycles. The number of anilines is 1. The summed E-state index contributed by atoms with van der Waals surface area (Å²) in [7, 11) is 0. The molecule has 2 aromatic carbocycles. The van der Waals surface area contributed by atoms with Gasteiger partial charge in [0.25, 0.3) is 5.91 Å². The van der Waals surface area contributed by atoms with Gasteiger partial charge in [-0.15, -0.1) is 0 Å². The fraction of sp³-hybridized carbons (Fsp3) is 0.222. The smallest absolute Gasteiger partial charge is 0.251 e. The van der Waals surface area contributed by atoms with Gasteiger partial charge in [-0.1, -0.05) is 17.7 Å². The summed E-state index contributed by atoms with van der Waals surface area (Å²) >= 11 is 0. The average Bonchev–Trinajstić information content (AvgIpc) is 2.56. The fourth-order valence-corrected chi connectivity index (χ4v) is 1.97. The lowest BCUT2D eigenvalue weighted by Gasteiger charge is -2.08. The molecule has 0 aromatic heterocycles. The van der Waals surface area contributed by atoms with Crippen molar-refractivity contribution in [3.05, 3.63) is 59.7 Å². The molecule has 0 bridgehead atoms. The molecule has 0 unspecified atom stereocenters. The van der Waals surface area contributed by atoms with E-state index in [-0.39, 0.29) is 18.4 Å². The predicted octanol–water partition coefficient (Wildman–Crippen LogP) is 2.76. The molecule has 2 rings (SSSR count). The van der Waals surface area contributed by atoms with Crippen LogP contribution in [0.3, 0.4) is 0 Å². The summed E-state index contributed by atoms with van der Waals surface area (Å²) < 4.78 is 5.32. The minimum absolute atomic E-state index is 0.0834. The summed E-state index contributed by atoms with van der Waals surface area (Å²) in [6.07, 6.45) is 0. The fourth-order valence-electron chi connectivity index (χ4n) is 1.97. The van der Waals surface area contributed by atoms with Gasteiger partial charge >= 0.3 is 0 Å². The largest absolute Gasteiger partial charge is 0.494 e. The Kier molecular flexibility index (Phi) is 5.74. The van der Waals surface area contributed by atoms with Gasteiger partial charge in [0.2, 0.25) is 5.91 Å². The van der Waals surface area contributed by atoms with E-state index in [1.54, 1.807) is 24.3 Å². The second-order valence-corrected chi connectivity index (χ2v) is 5.05. The number of hydrogen-bond donors (Lipinski definition) is 2. The van der Waals surface area contributed by atoms with Gasteiger partial charge in [-0.3, -0.25) is 9.59 Å². The van der Waals surface area contributed by atoms with E-state index in [0.29, 0.717) is 23.6 Å². The molecule has 2 aromatic rings. The first-order valence-corrected chi connectivity index (χ1v) is 7.46. The van der Waals surface area contributed by atoms with Crippen LogP contribution in [0.25, 0.3) is 0 Å². The molecule has 0 atom stereocenters. The van der Waals surface area contributed by atoms with E-state index in [2.05, 4.69) is 10.6 Å². The van der Waals surface area contributed by atoms with E-state index in [9.17, 15) is 9.59 Å². The summed E-state index contributed by atoms with van der Waals surface area (Å²) in [5.74, 6) is 0.140. The predicted molar refractivity (Wildman–Crippen MR) is 89.8 cm³/mol. The van der Waals surface area contributed by atoms with E-state index < -0.39 is 0 Å². The molecule has 0 aliphatic heterocycles. The van der Waals surface area contributed by atoms with E-state index >= 15 is 0 Å². The molecule has 120 valence electrons. The maximum atomic E-state index is 12.0. The van der Waals surface area contributed by atoms with Crippen molar-refractivity contribution in [2.75, 3.05) is 18.5 Å². The Bertz CT molecular complexity index is 664. The van der Waals surface area contributed by atoms with Crippen molar-refractivity contribution >= 4 is 17.5 Å². The normalized spacial score (nSPS) is 10.0. The molecule has 0 saturated carbocycles. The quantitative estimate of drug-likeness (QED) is 0.862. The molecular formula is C18H20N2O3. The second-order valence-electron chi connectivity index (χ2n) is 5.05. The highest BCUT2D eigenvalue weighted by Crippen LogP contribution is 2.12. The van der Waals surface area contributed by atoms with Crippen LogP contribution in [-0.4, -0.2) is 25.0 Å².